The predicted molar refractivity (Wildman–Crippen MR) is 123 cm³/mol. The van der Waals surface area contributed by atoms with E-state index in [0.29, 0.717) is 16.7 Å². The van der Waals surface area contributed by atoms with Gasteiger partial charge in [0.25, 0.3) is 0 Å². The van der Waals surface area contributed by atoms with E-state index < -0.39 is 23.7 Å². The van der Waals surface area contributed by atoms with Gasteiger partial charge < -0.3 is 10.2 Å². The molecule has 0 aliphatic rings. The summed E-state index contributed by atoms with van der Waals surface area (Å²) in [4.78, 5) is 22.0. The molecule has 7 heteroatoms. The quantitative estimate of drug-likeness (QED) is 0.337. The maximum atomic E-state index is 12.4. The standard InChI is InChI=1S/C14H9F3O2.C13H10O2/c15-14(16,17)10-7-5-9(6-8-10)11-3-1-2-4-12(11)13(18)19;14-13(15)12-9-5-4-8-11(12)10-6-2-1-3-7-10/h1-8H,(H,18,19);1-9H,(H,14,15). The molecule has 0 aliphatic heterocycles. The summed E-state index contributed by atoms with van der Waals surface area (Å²) in [5, 5.41) is 18.1. The van der Waals surface area contributed by atoms with Crippen molar-refractivity contribution >= 4 is 11.9 Å². The molecule has 0 saturated heterocycles. The van der Waals surface area contributed by atoms with Crippen molar-refractivity contribution in [1.82, 2.24) is 0 Å². The zero-order chi connectivity index (χ0) is 24.7. The second-order valence-electron chi connectivity index (χ2n) is 7.14. The minimum Gasteiger partial charge on any atom is -0.478 e. The van der Waals surface area contributed by atoms with Crippen molar-refractivity contribution in [1.29, 1.82) is 0 Å². The van der Waals surface area contributed by atoms with Crippen LogP contribution in [0.5, 0.6) is 0 Å². The molecule has 0 heterocycles. The van der Waals surface area contributed by atoms with Gasteiger partial charge in [-0.05, 0) is 46.5 Å². The van der Waals surface area contributed by atoms with Crippen LogP contribution in [0.1, 0.15) is 26.3 Å². The molecule has 0 atom stereocenters. The fourth-order valence-corrected chi connectivity index (χ4v) is 3.30. The maximum absolute atomic E-state index is 12.4. The molecule has 0 amide bonds. The highest BCUT2D eigenvalue weighted by Gasteiger charge is 2.30. The topological polar surface area (TPSA) is 74.6 Å². The zero-order valence-electron chi connectivity index (χ0n) is 17.7. The first-order valence-electron chi connectivity index (χ1n) is 10.1. The third kappa shape index (κ3) is 5.89. The van der Waals surface area contributed by atoms with Crippen LogP contribution in [0.15, 0.2) is 103 Å². The van der Waals surface area contributed by atoms with Crippen molar-refractivity contribution in [2.24, 2.45) is 0 Å². The number of benzene rings is 4. The van der Waals surface area contributed by atoms with Gasteiger partial charge in [0.05, 0.1) is 16.7 Å². The normalized spacial score (nSPS) is 10.7. The van der Waals surface area contributed by atoms with Gasteiger partial charge in [-0.3, -0.25) is 0 Å². The minimum atomic E-state index is -4.40. The molecule has 4 nitrogen and oxygen atoms in total. The van der Waals surface area contributed by atoms with Crippen molar-refractivity contribution < 1.29 is 33.0 Å². The Balaban J connectivity index is 0.000000196. The average Bonchev–Trinajstić information content (AvgIpc) is 2.84. The number of aromatic carboxylic acids is 2. The Morgan fingerprint density at radius 3 is 1.32 bits per heavy atom. The molecule has 0 spiro atoms. The molecule has 0 radical (unpaired) electrons. The van der Waals surface area contributed by atoms with Crippen molar-refractivity contribution in [2.75, 3.05) is 0 Å². The lowest BCUT2D eigenvalue weighted by Crippen LogP contribution is -2.04. The maximum Gasteiger partial charge on any atom is 0.416 e. The molecule has 0 aliphatic carbocycles. The molecule has 4 aromatic rings. The third-order valence-electron chi connectivity index (χ3n) is 4.92. The van der Waals surface area contributed by atoms with E-state index >= 15 is 0 Å². The van der Waals surface area contributed by atoms with E-state index in [1.54, 1.807) is 30.3 Å². The van der Waals surface area contributed by atoms with Gasteiger partial charge >= 0.3 is 18.1 Å². The van der Waals surface area contributed by atoms with E-state index in [1.807, 2.05) is 42.5 Å². The van der Waals surface area contributed by atoms with Crippen molar-refractivity contribution in [3.8, 4) is 22.3 Å². The molecular formula is C27H19F3O4. The van der Waals surface area contributed by atoms with Crippen LogP contribution < -0.4 is 0 Å². The predicted octanol–water partition coefficient (Wildman–Crippen LogP) is 7.12. The molecule has 0 saturated carbocycles. The lowest BCUT2D eigenvalue weighted by molar-refractivity contribution is -0.137. The first-order valence-corrected chi connectivity index (χ1v) is 10.1. The van der Waals surface area contributed by atoms with Gasteiger partial charge in [0.1, 0.15) is 0 Å². The van der Waals surface area contributed by atoms with E-state index in [-0.39, 0.29) is 5.56 Å². The fourth-order valence-electron chi connectivity index (χ4n) is 3.30. The second kappa shape index (κ2) is 10.5. The molecule has 172 valence electrons. The van der Waals surface area contributed by atoms with Crippen molar-refractivity contribution in [2.45, 2.75) is 6.18 Å². The lowest BCUT2D eigenvalue weighted by atomic mass is 9.99. The third-order valence-corrected chi connectivity index (χ3v) is 4.92. The highest BCUT2D eigenvalue weighted by atomic mass is 19.4. The number of alkyl halides is 3. The van der Waals surface area contributed by atoms with Crippen LogP contribution in [0.2, 0.25) is 0 Å². The highest BCUT2D eigenvalue weighted by molar-refractivity contribution is 5.96. The fraction of sp³-hybridized carbons (Fsp3) is 0.0370. The van der Waals surface area contributed by atoms with Crippen LogP contribution >= 0.6 is 0 Å². The van der Waals surface area contributed by atoms with Crippen LogP contribution in [0.4, 0.5) is 13.2 Å². The zero-order valence-corrected chi connectivity index (χ0v) is 17.7. The largest absolute Gasteiger partial charge is 0.478 e. The summed E-state index contributed by atoms with van der Waals surface area (Å²) in [7, 11) is 0. The molecule has 0 unspecified atom stereocenters. The Hall–Kier alpha value is -4.39. The van der Waals surface area contributed by atoms with Gasteiger partial charge in [-0.25, -0.2) is 9.59 Å². The molecule has 0 bridgehead atoms. The Labute approximate surface area is 193 Å². The average molecular weight is 464 g/mol. The number of hydrogen-bond donors (Lipinski definition) is 2. The molecule has 4 rings (SSSR count). The van der Waals surface area contributed by atoms with Gasteiger partial charge in [-0.1, -0.05) is 78.9 Å². The lowest BCUT2D eigenvalue weighted by Gasteiger charge is -2.09. The van der Waals surface area contributed by atoms with E-state index in [0.717, 1.165) is 23.3 Å². The van der Waals surface area contributed by atoms with Gasteiger partial charge in [-0.15, -0.1) is 0 Å². The van der Waals surface area contributed by atoms with Gasteiger partial charge in [-0.2, -0.15) is 13.2 Å². The first kappa shape index (κ1) is 24.3. The van der Waals surface area contributed by atoms with Crippen LogP contribution in [0, 0.1) is 0 Å². The van der Waals surface area contributed by atoms with Gasteiger partial charge in [0.2, 0.25) is 0 Å². The Bertz CT molecular complexity index is 1280. The Morgan fingerprint density at radius 1 is 0.529 bits per heavy atom. The van der Waals surface area contributed by atoms with E-state index in [9.17, 15) is 22.8 Å². The summed E-state index contributed by atoms with van der Waals surface area (Å²) in [6.45, 7) is 0. The van der Waals surface area contributed by atoms with Crippen LogP contribution in [-0.2, 0) is 6.18 Å². The van der Waals surface area contributed by atoms with Crippen molar-refractivity contribution in [3.05, 3.63) is 120 Å². The first-order chi connectivity index (χ1) is 16.2. The van der Waals surface area contributed by atoms with Crippen molar-refractivity contribution in [3.63, 3.8) is 0 Å². The summed E-state index contributed by atoms with van der Waals surface area (Å²) in [5.74, 6) is -2.01. The summed E-state index contributed by atoms with van der Waals surface area (Å²) in [6.07, 6.45) is -4.40. The number of rotatable bonds is 4. The Kier molecular flexibility index (Phi) is 7.48. The summed E-state index contributed by atoms with van der Waals surface area (Å²) in [6, 6.07) is 27.1. The highest BCUT2D eigenvalue weighted by Crippen LogP contribution is 2.31. The van der Waals surface area contributed by atoms with Gasteiger partial charge in [0, 0.05) is 0 Å². The van der Waals surface area contributed by atoms with E-state index in [2.05, 4.69) is 0 Å². The number of carboxylic acid groups (broad SMARTS) is 2. The van der Waals surface area contributed by atoms with E-state index in [1.165, 1.54) is 18.2 Å². The number of carboxylic acids is 2. The summed E-state index contributed by atoms with van der Waals surface area (Å²) < 4.78 is 37.3. The summed E-state index contributed by atoms with van der Waals surface area (Å²) in [5.41, 5.74) is 2.14. The SMILES string of the molecule is O=C(O)c1ccccc1-c1ccc(C(F)(F)F)cc1.O=C(O)c1ccccc1-c1ccccc1. The van der Waals surface area contributed by atoms with Crippen LogP contribution in [0.25, 0.3) is 22.3 Å². The molecule has 34 heavy (non-hydrogen) atoms. The second-order valence-corrected chi connectivity index (χ2v) is 7.14. The van der Waals surface area contributed by atoms with Crippen LogP contribution in [0.3, 0.4) is 0 Å². The smallest absolute Gasteiger partial charge is 0.416 e. The van der Waals surface area contributed by atoms with Gasteiger partial charge in [0.15, 0.2) is 0 Å². The summed E-state index contributed by atoms with van der Waals surface area (Å²) >= 11 is 0. The molecule has 0 fully saturated rings. The molecule has 4 aromatic carbocycles. The number of hydrogen-bond acceptors (Lipinski definition) is 2. The number of carbonyl (C=O) groups is 2. The number of halogens is 3. The van der Waals surface area contributed by atoms with Crippen LogP contribution in [-0.4, -0.2) is 22.2 Å². The van der Waals surface area contributed by atoms with E-state index in [4.69, 9.17) is 10.2 Å². The molecular weight excluding hydrogens is 445 g/mol. The monoisotopic (exact) mass is 464 g/mol. The minimum absolute atomic E-state index is 0.0576. The molecule has 2 N–H and O–H groups in total. The Morgan fingerprint density at radius 2 is 0.912 bits per heavy atom. The molecule has 0 aromatic heterocycles.